The van der Waals surface area contributed by atoms with Crippen LogP contribution in [0.5, 0.6) is 0 Å². The third kappa shape index (κ3) is 6.53. The summed E-state index contributed by atoms with van der Waals surface area (Å²) in [4.78, 5) is 34.9. The van der Waals surface area contributed by atoms with E-state index in [0.29, 0.717) is 34.0 Å². The lowest BCUT2D eigenvalue weighted by Crippen LogP contribution is -2.35. The largest absolute Gasteiger partial charge is 0.435 e. The lowest BCUT2D eigenvalue weighted by molar-refractivity contribution is -0.142. The number of hydrogen-bond acceptors (Lipinski definition) is 6. The molecule has 0 bridgehead atoms. The first-order valence-electron chi connectivity index (χ1n) is 15.7. The van der Waals surface area contributed by atoms with Gasteiger partial charge in [0.2, 0.25) is 11.7 Å². The highest BCUT2D eigenvalue weighted by Crippen LogP contribution is 2.68. The maximum atomic E-state index is 15.2. The number of nitrogens with zero attached hydrogens (tertiary/aromatic N) is 4. The molecule has 2 amide bonds. The number of carbonyl (C=O) groups is 2. The predicted molar refractivity (Wildman–Crippen MR) is 165 cm³/mol. The topological polar surface area (TPSA) is 122 Å². The number of aromatic nitrogens is 4. The van der Waals surface area contributed by atoms with E-state index in [1.54, 1.807) is 18.2 Å². The SMILES string of the molecule is CC(C)(O)C#Cc1ncc(-c2ccc3c(c2)C(=O)NC3)c(C(Cc2cc(F)cc(F)c2)NC(=O)Cn2nc(C(F)(F)F)c3c2C(F)(F)C2CC32)n1. The number of aliphatic hydroxyl groups is 1. The molecule has 1 saturated carbocycles. The van der Waals surface area contributed by atoms with Gasteiger partial charge in [-0.25, -0.2) is 18.7 Å². The van der Waals surface area contributed by atoms with E-state index >= 15 is 8.78 Å². The summed E-state index contributed by atoms with van der Waals surface area (Å²) < 4.78 is 101. The Morgan fingerprint density at radius 2 is 1.86 bits per heavy atom. The summed E-state index contributed by atoms with van der Waals surface area (Å²) in [5.41, 5.74) is -2.81. The molecule has 0 radical (unpaired) electrons. The van der Waals surface area contributed by atoms with E-state index in [4.69, 9.17) is 0 Å². The predicted octanol–water partition coefficient (Wildman–Crippen LogP) is 5.31. The number of alkyl halides is 5. The van der Waals surface area contributed by atoms with Crippen LogP contribution in [-0.4, -0.2) is 42.3 Å². The van der Waals surface area contributed by atoms with Crippen molar-refractivity contribution < 1.29 is 45.4 Å². The van der Waals surface area contributed by atoms with Crippen LogP contribution in [0.3, 0.4) is 0 Å². The average Bonchev–Trinajstić information content (AvgIpc) is 3.54. The minimum Gasteiger partial charge on any atom is -0.378 e. The Hall–Kier alpha value is -5.30. The molecule has 3 atom stereocenters. The van der Waals surface area contributed by atoms with Crippen molar-refractivity contribution in [1.82, 2.24) is 30.4 Å². The lowest BCUT2D eigenvalue weighted by atomic mass is 9.94. The Bertz CT molecular complexity index is 2160. The molecule has 3 heterocycles. The molecule has 1 fully saturated rings. The number of amides is 2. The summed E-state index contributed by atoms with van der Waals surface area (Å²) in [6.45, 7) is 2.07. The van der Waals surface area contributed by atoms with Crippen LogP contribution in [0.15, 0.2) is 42.6 Å². The fourth-order valence-electron chi connectivity index (χ4n) is 6.68. The number of benzene rings is 2. The molecule has 4 aromatic rings. The van der Waals surface area contributed by atoms with E-state index in [1.807, 2.05) is 0 Å². The Labute approximate surface area is 285 Å². The van der Waals surface area contributed by atoms with Crippen LogP contribution < -0.4 is 10.6 Å². The molecule has 0 saturated heterocycles. The van der Waals surface area contributed by atoms with Crippen molar-refractivity contribution >= 4 is 11.8 Å². The van der Waals surface area contributed by atoms with Gasteiger partial charge >= 0.3 is 6.18 Å². The third-order valence-electron chi connectivity index (χ3n) is 8.92. The van der Waals surface area contributed by atoms with Gasteiger partial charge in [0.1, 0.15) is 29.5 Å². The minimum atomic E-state index is -5.05. The molecule has 51 heavy (non-hydrogen) atoms. The summed E-state index contributed by atoms with van der Waals surface area (Å²) >= 11 is 0. The van der Waals surface area contributed by atoms with Crippen LogP contribution in [0.25, 0.3) is 11.1 Å². The van der Waals surface area contributed by atoms with Crippen LogP contribution in [0.4, 0.5) is 30.7 Å². The number of rotatable bonds is 7. The highest BCUT2D eigenvalue weighted by atomic mass is 19.4. The molecule has 264 valence electrons. The number of carbonyl (C=O) groups excluding carboxylic acids is 2. The molecule has 0 spiro atoms. The third-order valence-corrected chi connectivity index (χ3v) is 8.92. The quantitative estimate of drug-likeness (QED) is 0.177. The van der Waals surface area contributed by atoms with Gasteiger partial charge in [-0.3, -0.25) is 14.3 Å². The first-order valence-corrected chi connectivity index (χ1v) is 15.7. The van der Waals surface area contributed by atoms with Crippen molar-refractivity contribution in [1.29, 1.82) is 0 Å². The van der Waals surface area contributed by atoms with Gasteiger partial charge in [0.05, 0.1) is 11.7 Å². The molecule has 3 unspecified atom stereocenters. The first-order chi connectivity index (χ1) is 23.9. The van der Waals surface area contributed by atoms with Crippen LogP contribution in [0, 0.1) is 29.4 Å². The van der Waals surface area contributed by atoms with E-state index in [9.17, 15) is 36.6 Å². The zero-order valence-electron chi connectivity index (χ0n) is 26.8. The Morgan fingerprint density at radius 3 is 2.55 bits per heavy atom. The fourth-order valence-corrected chi connectivity index (χ4v) is 6.68. The standard InChI is InChI=1S/C35H27F7N6O3/c1-33(2,51)6-5-26-43-14-23(17-3-4-18-13-44-32(50)21(18)10-17)29(46-26)25(9-16-7-19(36)11-20(37)8-16)45-27(49)15-48-31-28(30(47-48)35(40,41)42)22-12-24(22)34(31,38)39/h3-4,7-8,10-11,14,22,24-25,51H,9,12-13,15H2,1-2H3,(H,44,50)(H,45,49). The van der Waals surface area contributed by atoms with E-state index in [1.165, 1.54) is 20.0 Å². The summed E-state index contributed by atoms with van der Waals surface area (Å²) in [5, 5.41) is 18.9. The molecule has 9 nitrogen and oxygen atoms in total. The molecule has 1 aliphatic heterocycles. The van der Waals surface area contributed by atoms with E-state index in [2.05, 4.69) is 37.5 Å². The zero-order valence-corrected chi connectivity index (χ0v) is 26.8. The summed E-state index contributed by atoms with van der Waals surface area (Å²) in [6.07, 6.45) is -4.20. The second kappa shape index (κ2) is 11.9. The Morgan fingerprint density at radius 1 is 1.14 bits per heavy atom. The second-order valence-corrected chi connectivity index (χ2v) is 13.3. The highest BCUT2D eigenvalue weighted by Gasteiger charge is 2.68. The van der Waals surface area contributed by atoms with Crippen LogP contribution in [0.1, 0.15) is 82.2 Å². The van der Waals surface area contributed by atoms with Gasteiger partial charge < -0.3 is 15.7 Å². The average molecular weight is 713 g/mol. The molecular formula is C35H27F7N6O3. The first kappa shape index (κ1) is 34.2. The molecule has 3 aliphatic rings. The smallest absolute Gasteiger partial charge is 0.378 e. The van der Waals surface area contributed by atoms with Gasteiger partial charge in [-0.1, -0.05) is 18.1 Å². The van der Waals surface area contributed by atoms with Crippen molar-refractivity contribution in [3.8, 4) is 23.0 Å². The monoisotopic (exact) mass is 712 g/mol. The maximum Gasteiger partial charge on any atom is 0.435 e. The van der Waals surface area contributed by atoms with Crippen molar-refractivity contribution in [2.45, 2.75) is 69.4 Å². The van der Waals surface area contributed by atoms with E-state index in [0.717, 1.165) is 12.1 Å². The van der Waals surface area contributed by atoms with Crippen LogP contribution in [-0.2, 0) is 36.4 Å². The molecular weight excluding hydrogens is 685 g/mol. The van der Waals surface area contributed by atoms with Crippen LogP contribution in [0.2, 0.25) is 0 Å². The number of fused-ring (bicyclic) bond motifs is 4. The number of nitrogens with one attached hydrogen (secondary N) is 2. The van der Waals surface area contributed by atoms with Crippen LogP contribution >= 0.6 is 0 Å². The van der Waals surface area contributed by atoms with Gasteiger partial charge in [-0.15, -0.1) is 0 Å². The molecule has 16 heteroatoms. The van der Waals surface area contributed by atoms with E-state index in [-0.39, 0.29) is 41.4 Å². The fraction of sp³-hybridized carbons (Fsp3) is 0.343. The summed E-state index contributed by atoms with van der Waals surface area (Å²) in [5.74, 6) is -4.24. The molecule has 3 N–H and O–H groups in total. The Balaban J connectivity index is 1.32. The van der Waals surface area contributed by atoms with Gasteiger partial charge in [-0.2, -0.15) is 27.1 Å². The number of hydrogen-bond donors (Lipinski definition) is 3. The van der Waals surface area contributed by atoms with E-state index < -0.39 is 76.6 Å². The van der Waals surface area contributed by atoms with Crippen molar-refractivity contribution in [3.05, 3.63) is 99.4 Å². The molecule has 2 aromatic heterocycles. The van der Waals surface area contributed by atoms with Gasteiger partial charge in [-0.05, 0) is 73.4 Å². The normalized spacial score (nSPS) is 19.0. The van der Waals surface area contributed by atoms with Crippen molar-refractivity contribution in [3.63, 3.8) is 0 Å². The highest BCUT2D eigenvalue weighted by molar-refractivity contribution is 5.99. The van der Waals surface area contributed by atoms with Crippen molar-refractivity contribution in [2.24, 2.45) is 5.92 Å². The number of halogens is 7. The molecule has 2 aromatic carbocycles. The second-order valence-electron chi connectivity index (χ2n) is 13.3. The van der Waals surface area contributed by atoms with Gasteiger partial charge in [0.15, 0.2) is 5.69 Å². The molecule has 7 rings (SSSR count). The Kier molecular flexibility index (Phi) is 7.97. The molecule has 2 aliphatic carbocycles. The minimum absolute atomic E-state index is 0.00895. The maximum absolute atomic E-state index is 15.2. The van der Waals surface area contributed by atoms with Gasteiger partial charge in [0, 0.05) is 41.4 Å². The summed E-state index contributed by atoms with van der Waals surface area (Å²) in [7, 11) is 0. The van der Waals surface area contributed by atoms with Gasteiger partial charge in [0.25, 0.3) is 11.8 Å². The van der Waals surface area contributed by atoms with Crippen molar-refractivity contribution in [2.75, 3.05) is 0 Å². The summed E-state index contributed by atoms with van der Waals surface area (Å²) in [6, 6.07) is 6.22. The zero-order chi connectivity index (χ0) is 36.6. The lowest BCUT2D eigenvalue weighted by Gasteiger charge is -2.22.